The van der Waals surface area contributed by atoms with Gasteiger partial charge >= 0.3 is 0 Å². The van der Waals surface area contributed by atoms with E-state index in [9.17, 15) is 4.79 Å². The number of hydrogen-bond acceptors (Lipinski definition) is 6. The SMILES string of the molecule is C1CCOC1.O=Cc1cnc2ccc(Br)cc2n1.[C-]#[N+]c1cnc2ccc(Br)cc2n1. The molecular formula is C22H17Br2N5O2. The first-order valence-electron chi connectivity index (χ1n) is 9.34. The first-order valence-corrected chi connectivity index (χ1v) is 10.9. The molecule has 5 rings (SSSR count). The van der Waals surface area contributed by atoms with Gasteiger partial charge in [0.15, 0.2) is 11.8 Å². The normalized spacial score (nSPS) is 12.3. The minimum absolute atomic E-state index is 0.325. The number of ether oxygens (including phenoxy) is 1. The van der Waals surface area contributed by atoms with Gasteiger partial charge in [-0.05, 0) is 43.2 Å². The Morgan fingerprint density at radius 3 is 1.97 bits per heavy atom. The first kappa shape index (κ1) is 22.9. The molecule has 0 spiro atoms. The Hall–Kier alpha value is -2.80. The highest BCUT2D eigenvalue weighted by molar-refractivity contribution is 9.10. The second-order valence-electron chi connectivity index (χ2n) is 6.34. The summed E-state index contributed by atoms with van der Waals surface area (Å²) in [6.07, 6.45) is 6.18. The van der Waals surface area contributed by atoms with Gasteiger partial charge in [-0.2, -0.15) is 0 Å². The molecule has 9 heteroatoms. The molecule has 31 heavy (non-hydrogen) atoms. The smallest absolute Gasteiger partial charge is 0.288 e. The molecule has 0 aliphatic carbocycles. The van der Waals surface area contributed by atoms with Gasteiger partial charge in [0.25, 0.3) is 5.82 Å². The van der Waals surface area contributed by atoms with Crippen molar-refractivity contribution in [2.45, 2.75) is 12.8 Å². The number of carbonyl (C=O) groups excluding carboxylic acids is 1. The van der Waals surface area contributed by atoms with Crippen molar-refractivity contribution < 1.29 is 9.53 Å². The molecule has 0 atom stereocenters. The maximum atomic E-state index is 10.4. The van der Waals surface area contributed by atoms with Crippen molar-refractivity contribution in [2.75, 3.05) is 13.2 Å². The van der Waals surface area contributed by atoms with Crippen LogP contribution in [0.3, 0.4) is 0 Å². The van der Waals surface area contributed by atoms with Crippen LogP contribution in [0.15, 0.2) is 57.7 Å². The molecule has 7 nitrogen and oxygen atoms in total. The Morgan fingerprint density at radius 1 is 0.871 bits per heavy atom. The number of rotatable bonds is 1. The third-order valence-electron chi connectivity index (χ3n) is 4.08. The molecular weight excluding hydrogens is 526 g/mol. The summed E-state index contributed by atoms with van der Waals surface area (Å²) in [4.78, 5) is 30.0. The molecule has 0 saturated carbocycles. The van der Waals surface area contributed by atoms with Crippen LogP contribution in [0.25, 0.3) is 26.9 Å². The Balaban J connectivity index is 0.000000144. The lowest BCUT2D eigenvalue weighted by Crippen LogP contribution is -1.90. The van der Waals surface area contributed by atoms with Crippen molar-refractivity contribution in [1.82, 2.24) is 19.9 Å². The van der Waals surface area contributed by atoms with Gasteiger partial charge in [-0.1, -0.05) is 38.4 Å². The molecule has 1 aliphatic rings. The maximum absolute atomic E-state index is 10.4. The summed E-state index contributed by atoms with van der Waals surface area (Å²) in [7, 11) is 0. The van der Waals surface area contributed by atoms with Gasteiger partial charge in [0.2, 0.25) is 0 Å². The summed E-state index contributed by atoms with van der Waals surface area (Å²) >= 11 is 6.66. The van der Waals surface area contributed by atoms with Crippen molar-refractivity contribution in [1.29, 1.82) is 0 Å². The van der Waals surface area contributed by atoms with E-state index in [1.807, 2.05) is 36.4 Å². The number of benzene rings is 2. The molecule has 2 aromatic heterocycles. The Kier molecular flexibility index (Phi) is 8.53. The standard InChI is InChI=1S/C9H4BrN3.C9H5BrN2O.C4H8O/c1-11-9-5-12-7-3-2-6(10)4-8(7)13-9;10-6-1-2-8-9(3-6)12-7(5-13)4-11-8;1-2-4-5-3-1/h2-5H;1-5H;1-4H2. The molecule has 2 aromatic carbocycles. The molecule has 1 aliphatic heterocycles. The van der Waals surface area contributed by atoms with Crippen molar-refractivity contribution in [3.8, 4) is 0 Å². The predicted octanol–water partition coefficient (Wildman–Crippen LogP) is 5.94. The molecule has 156 valence electrons. The minimum Gasteiger partial charge on any atom is -0.381 e. The topological polar surface area (TPSA) is 82.2 Å². The van der Waals surface area contributed by atoms with Gasteiger partial charge in [-0.3, -0.25) is 14.8 Å². The monoisotopic (exact) mass is 541 g/mol. The third kappa shape index (κ3) is 6.85. The average molecular weight is 543 g/mol. The van der Waals surface area contributed by atoms with E-state index in [-0.39, 0.29) is 0 Å². The molecule has 1 fully saturated rings. The zero-order valence-electron chi connectivity index (χ0n) is 16.3. The highest BCUT2D eigenvalue weighted by atomic mass is 79.9. The van der Waals surface area contributed by atoms with Crippen molar-refractivity contribution >= 4 is 66.0 Å². The van der Waals surface area contributed by atoms with Crippen LogP contribution in [0.4, 0.5) is 5.82 Å². The second-order valence-corrected chi connectivity index (χ2v) is 8.17. The van der Waals surface area contributed by atoms with Gasteiger partial charge in [0.1, 0.15) is 11.2 Å². The van der Waals surface area contributed by atoms with E-state index in [4.69, 9.17) is 11.3 Å². The molecule has 0 bridgehead atoms. The van der Waals surface area contributed by atoms with Crippen molar-refractivity contribution in [3.05, 3.63) is 74.8 Å². The molecule has 1 saturated heterocycles. The van der Waals surface area contributed by atoms with Gasteiger partial charge < -0.3 is 9.58 Å². The highest BCUT2D eigenvalue weighted by Crippen LogP contribution is 2.18. The van der Waals surface area contributed by atoms with Crippen LogP contribution in [-0.2, 0) is 4.74 Å². The van der Waals surface area contributed by atoms with Crippen LogP contribution in [0.5, 0.6) is 0 Å². The summed E-state index contributed by atoms with van der Waals surface area (Å²) in [6, 6.07) is 11.2. The number of aldehydes is 1. The van der Waals surface area contributed by atoms with E-state index >= 15 is 0 Å². The van der Waals surface area contributed by atoms with Crippen LogP contribution < -0.4 is 0 Å². The lowest BCUT2D eigenvalue weighted by atomic mass is 10.3. The van der Waals surface area contributed by atoms with Crippen molar-refractivity contribution in [2.24, 2.45) is 0 Å². The van der Waals surface area contributed by atoms with Crippen LogP contribution in [0.1, 0.15) is 23.3 Å². The minimum atomic E-state index is 0.325. The number of halogens is 2. The van der Waals surface area contributed by atoms with E-state index in [0.29, 0.717) is 17.8 Å². The van der Waals surface area contributed by atoms with Crippen LogP contribution in [0.2, 0.25) is 0 Å². The first-order chi connectivity index (χ1) is 15.1. The van der Waals surface area contributed by atoms with Crippen LogP contribution >= 0.6 is 31.9 Å². The Morgan fingerprint density at radius 2 is 1.45 bits per heavy atom. The number of aromatic nitrogens is 4. The van der Waals surface area contributed by atoms with Crippen LogP contribution in [-0.4, -0.2) is 39.4 Å². The zero-order chi connectivity index (χ0) is 22.1. The van der Waals surface area contributed by atoms with E-state index in [2.05, 4.69) is 56.6 Å². The van der Waals surface area contributed by atoms with Gasteiger partial charge in [0.05, 0.1) is 23.4 Å². The van der Waals surface area contributed by atoms with E-state index in [1.165, 1.54) is 25.2 Å². The number of hydrogen-bond donors (Lipinski definition) is 0. The molecule has 0 unspecified atom stereocenters. The maximum Gasteiger partial charge on any atom is 0.288 e. The summed E-state index contributed by atoms with van der Waals surface area (Å²) in [5.74, 6) is 0.325. The lowest BCUT2D eigenvalue weighted by molar-refractivity contribution is 0.111. The second kappa shape index (κ2) is 11.6. The van der Waals surface area contributed by atoms with Crippen LogP contribution in [0, 0.1) is 6.57 Å². The number of fused-ring (bicyclic) bond motifs is 2. The van der Waals surface area contributed by atoms with Crippen molar-refractivity contribution in [3.63, 3.8) is 0 Å². The van der Waals surface area contributed by atoms with Gasteiger partial charge in [-0.25, -0.2) is 4.98 Å². The molecule has 0 amide bonds. The van der Waals surface area contributed by atoms with Gasteiger partial charge in [-0.15, -0.1) is 4.98 Å². The summed E-state index contributed by atoms with van der Waals surface area (Å²) in [5.41, 5.74) is 3.40. The largest absolute Gasteiger partial charge is 0.381 e. The fourth-order valence-electron chi connectivity index (χ4n) is 2.59. The van der Waals surface area contributed by atoms with E-state index < -0.39 is 0 Å². The fourth-order valence-corrected chi connectivity index (χ4v) is 3.29. The van der Waals surface area contributed by atoms with E-state index in [1.54, 1.807) is 0 Å². The quantitative estimate of drug-likeness (QED) is 0.218. The predicted molar refractivity (Wildman–Crippen MR) is 126 cm³/mol. The average Bonchev–Trinajstić information content (AvgIpc) is 3.38. The molecule has 0 radical (unpaired) electrons. The zero-order valence-corrected chi connectivity index (χ0v) is 19.5. The Bertz CT molecular complexity index is 1230. The third-order valence-corrected chi connectivity index (χ3v) is 5.06. The lowest BCUT2D eigenvalue weighted by Gasteiger charge is -1.96. The summed E-state index contributed by atoms with van der Waals surface area (Å²) in [5, 5.41) is 0. The highest BCUT2D eigenvalue weighted by Gasteiger charge is 2.02. The van der Waals surface area contributed by atoms with Gasteiger partial charge in [0, 0.05) is 28.2 Å². The Labute approximate surface area is 196 Å². The number of carbonyl (C=O) groups is 1. The molecule has 3 heterocycles. The molecule has 0 N–H and O–H groups in total. The fraction of sp³-hybridized carbons (Fsp3) is 0.182. The summed E-state index contributed by atoms with van der Waals surface area (Å²) < 4.78 is 6.81. The number of nitrogens with zero attached hydrogens (tertiary/aromatic N) is 5. The van der Waals surface area contributed by atoms with E-state index in [0.717, 1.165) is 44.2 Å². The molecule has 4 aromatic rings. The summed E-state index contributed by atoms with van der Waals surface area (Å²) in [6.45, 7) is 8.78.